The van der Waals surface area contributed by atoms with Crippen LogP contribution >= 0.6 is 23.4 Å². The third-order valence-corrected chi connectivity index (χ3v) is 4.92. The highest BCUT2D eigenvalue weighted by Gasteiger charge is 2.25. The molecule has 18 heavy (non-hydrogen) atoms. The van der Waals surface area contributed by atoms with Crippen LogP contribution in [0.5, 0.6) is 0 Å². The van der Waals surface area contributed by atoms with Crippen molar-refractivity contribution in [1.29, 1.82) is 0 Å². The molecule has 0 spiro atoms. The van der Waals surface area contributed by atoms with Crippen LogP contribution < -0.4 is 0 Å². The van der Waals surface area contributed by atoms with Crippen molar-refractivity contribution >= 4 is 34.5 Å². The van der Waals surface area contributed by atoms with Gasteiger partial charge in [0, 0.05) is 18.8 Å². The summed E-state index contributed by atoms with van der Waals surface area (Å²) in [6, 6.07) is 0.522. The van der Waals surface area contributed by atoms with Crippen molar-refractivity contribution < 1.29 is 0 Å². The summed E-state index contributed by atoms with van der Waals surface area (Å²) in [6.07, 6.45) is 2.11. The van der Waals surface area contributed by atoms with E-state index >= 15 is 0 Å². The first-order valence-electron chi connectivity index (χ1n) is 6.32. The molecular weight excluding hydrogens is 268 g/mol. The fourth-order valence-electron chi connectivity index (χ4n) is 2.69. The number of aryl methyl sites for hydroxylation is 2. The summed E-state index contributed by atoms with van der Waals surface area (Å²) in [5, 5.41) is 4.56. The van der Waals surface area contributed by atoms with E-state index in [0.29, 0.717) is 11.9 Å². The van der Waals surface area contributed by atoms with Crippen LogP contribution in [-0.2, 0) is 19.3 Å². The Bertz CT molecular complexity index is 568. The zero-order valence-electron chi connectivity index (χ0n) is 10.7. The minimum atomic E-state index is 0.471. The number of aromatic nitrogens is 4. The summed E-state index contributed by atoms with van der Waals surface area (Å²) in [7, 11) is 2.00. The van der Waals surface area contributed by atoms with E-state index in [4.69, 9.17) is 16.6 Å². The van der Waals surface area contributed by atoms with Gasteiger partial charge in [-0.3, -0.25) is 4.68 Å². The predicted molar refractivity (Wildman–Crippen MR) is 76.4 cm³/mol. The lowest BCUT2D eigenvalue weighted by Gasteiger charge is -2.14. The van der Waals surface area contributed by atoms with Crippen molar-refractivity contribution in [3.05, 3.63) is 11.5 Å². The van der Waals surface area contributed by atoms with Gasteiger partial charge in [0.2, 0.25) is 0 Å². The van der Waals surface area contributed by atoms with Crippen LogP contribution in [0.25, 0.3) is 11.2 Å². The van der Waals surface area contributed by atoms with E-state index in [0.717, 1.165) is 34.9 Å². The average molecular weight is 285 g/mol. The van der Waals surface area contributed by atoms with E-state index in [-0.39, 0.29) is 0 Å². The Morgan fingerprint density at radius 1 is 1.50 bits per heavy atom. The molecular formula is C12H17ClN4S. The number of fused-ring (bicyclic) bond motifs is 1. The van der Waals surface area contributed by atoms with Crippen molar-refractivity contribution in [3.8, 4) is 0 Å². The number of rotatable bonds is 3. The molecule has 2 aromatic rings. The number of imidazole rings is 1. The van der Waals surface area contributed by atoms with Crippen molar-refractivity contribution in [3.63, 3.8) is 0 Å². The molecule has 0 aliphatic carbocycles. The van der Waals surface area contributed by atoms with Gasteiger partial charge in [0.25, 0.3) is 0 Å². The maximum atomic E-state index is 6.07. The molecule has 0 amide bonds. The third kappa shape index (κ3) is 1.75. The number of alkyl halides is 1. The monoisotopic (exact) mass is 284 g/mol. The van der Waals surface area contributed by atoms with Gasteiger partial charge in [-0.25, -0.2) is 4.98 Å². The Morgan fingerprint density at radius 2 is 2.33 bits per heavy atom. The Kier molecular flexibility index (Phi) is 3.28. The summed E-state index contributed by atoms with van der Waals surface area (Å²) < 4.78 is 4.27. The van der Waals surface area contributed by atoms with Crippen LogP contribution in [0, 0.1) is 0 Å². The summed E-state index contributed by atoms with van der Waals surface area (Å²) in [6.45, 7) is 2.12. The zero-order chi connectivity index (χ0) is 12.7. The van der Waals surface area contributed by atoms with Gasteiger partial charge in [0.05, 0.1) is 11.6 Å². The molecule has 6 heteroatoms. The van der Waals surface area contributed by atoms with Crippen LogP contribution in [0.2, 0.25) is 0 Å². The van der Waals surface area contributed by atoms with E-state index in [2.05, 4.69) is 16.6 Å². The van der Waals surface area contributed by atoms with E-state index in [1.54, 1.807) is 0 Å². The highest BCUT2D eigenvalue weighted by molar-refractivity contribution is 7.99. The van der Waals surface area contributed by atoms with E-state index < -0.39 is 0 Å². The van der Waals surface area contributed by atoms with Gasteiger partial charge in [0.1, 0.15) is 11.3 Å². The third-order valence-electron chi connectivity index (χ3n) is 3.53. The first-order valence-corrected chi connectivity index (χ1v) is 8.01. The molecule has 1 unspecified atom stereocenters. The minimum Gasteiger partial charge on any atom is -0.308 e. The Balaban J connectivity index is 2.23. The molecule has 0 bridgehead atoms. The second-order valence-electron chi connectivity index (χ2n) is 4.65. The number of hydrogen-bond acceptors (Lipinski definition) is 3. The lowest BCUT2D eigenvalue weighted by molar-refractivity contribution is 0.543. The molecule has 0 saturated carbocycles. The molecule has 98 valence electrons. The smallest absolute Gasteiger partial charge is 0.159 e. The van der Waals surface area contributed by atoms with Crippen LogP contribution in [0.1, 0.15) is 30.9 Å². The van der Waals surface area contributed by atoms with Gasteiger partial charge in [-0.2, -0.15) is 16.9 Å². The van der Waals surface area contributed by atoms with Gasteiger partial charge in [-0.1, -0.05) is 6.92 Å². The fraction of sp³-hybridized carbons (Fsp3) is 0.667. The number of thioether (sulfide) groups is 1. The summed E-state index contributed by atoms with van der Waals surface area (Å²) in [4.78, 5) is 4.71. The van der Waals surface area contributed by atoms with E-state index in [1.807, 2.05) is 23.5 Å². The SMILES string of the molecule is CCc1nn(C)c2c1nc(CCl)n2C1CCSC1. The number of halogens is 1. The average Bonchev–Trinajstić information content (AvgIpc) is 3.05. The molecule has 1 aliphatic rings. The molecule has 0 aromatic carbocycles. The Labute approximate surface area is 116 Å². The zero-order valence-corrected chi connectivity index (χ0v) is 12.3. The van der Waals surface area contributed by atoms with Crippen LogP contribution in [0.3, 0.4) is 0 Å². The largest absolute Gasteiger partial charge is 0.308 e. The second-order valence-corrected chi connectivity index (χ2v) is 6.06. The normalized spacial score (nSPS) is 20.1. The van der Waals surface area contributed by atoms with Crippen molar-refractivity contribution in [1.82, 2.24) is 19.3 Å². The summed E-state index contributed by atoms with van der Waals surface area (Å²) in [5.41, 5.74) is 3.24. The molecule has 2 aromatic heterocycles. The Hall–Kier alpha value is -0.680. The lowest BCUT2D eigenvalue weighted by atomic mass is 10.2. The highest BCUT2D eigenvalue weighted by atomic mass is 35.5. The maximum Gasteiger partial charge on any atom is 0.159 e. The first kappa shape index (κ1) is 12.4. The van der Waals surface area contributed by atoms with Crippen molar-refractivity contribution in [2.45, 2.75) is 31.7 Å². The van der Waals surface area contributed by atoms with Crippen molar-refractivity contribution in [2.75, 3.05) is 11.5 Å². The van der Waals surface area contributed by atoms with Crippen LogP contribution in [0.15, 0.2) is 0 Å². The molecule has 1 fully saturated rings. The molecule has 1 saturated heterocycles. The van der Waals surface area contributed by atoms with Gasteiger partial charge >= 0.3 is 0 Å². The quantitative estimate of drug-likeness (QED) is 0.813. The van der Waals surface area contributed by atoms with Crippen LogP contribution in [-0.4, -0.2) is 30.8 Å². The van der Waals surface area contributed by atoms with E-state index in [9.17, 15) is 0 Å². The molecule has 0 N–H and O–H groups in total. The molecule has 1 aliphatic heterocycles. The van der Waals surface area contributed by atoms with Gasteiger partial charge in [-0.05, 0) is 18.6 Å². The predicted octanol–water partition coefficient (Wildman–Crippen LogP) is 2.75. The van der Waals surface area contributed by atoms with Gasteiger partial charge in [0.15, 0.2) is 5.65 Å². The van der Waals surface area contributed by atoms with Crippen molar-refractivity contribution in [2.24, 2.45) is 7.05 Å². The summed E-state index contributed by atoms with van der Waals surface area (Å²) >= 11 is 8.07. The molecule has 3 rings (SSSR count). The Morgan fingerprint density at radius 3 is 2.94 bits per heavy atom. The second kappa shape index (κ2) is 4.78. The van der Waals surface area contributed by atoms with Gasteiger partial charge < -0.3 is 4.57 Å². The summed E-state index contributed by atoms with van der Waals surface area (Å²) in [5.74, 6) is 3.84. The number of nitrogens with zero attached hydrogens (tertiary/aromatic N) is 4. The van der Waals surface area contributed by atoms with Crippen LogP contribution in [0.4, 0.5) is 0 Å². The molecule has 0 radical (unpaired) electrons. The molecule has 3 heterocycles. The minimum absolute atomic E-state index is 0.471. The lowest BCUT2D eigenvalue weighted by Crippen LogP contribution is -2.13. The molecule has 1 atom stereocenters. The highest BCUT2D eigenvalue weighted by Crippen LogP contribution is 2.33. The molecule has 4 nitrogen and oxygen atoms in total. The topological polar surface area (TPSA) is 35.6 Å². The standard InChI is InChI=1S/C12H17ClN4S/c1-3-9-11-12(16(2)15-9)17(10(6-13)14-11)8-4-5-18-7-8/h8H,3-7H2,1-2H3. The van der Waals surface area contributed by atoms with E-state index in [1.165, 1.54) is 12.2 Å². The number of hydrogen-bond donors (Lipinski definition) is 0. The maximum absolute atomic E-state index is 6.07. The first-order chi connectivity index (χ1) is 8.76. The van der Waals surface area contributed by atoms with Gasteiger partial charge in [-0.15, -0.1) is 11.6 Å². The fourth-order valence-corrected chi connectivity index (χ4v) is 4.07.